The van der Waals surface area contributed by atoms with Crippen molar-refractivity contribution in [3.05, 3.63) is 35.9 Å². The quantitative estimate of drug-likeness (QED) is 0.772. The van der Waals surface area contributed by atoms with Gasteiger partial charge in [0, 0.05) is 12.1 Å². The van der Waals surface area contributed by atoms with Gasteiger partial charge in [-0.1, -0.05) is 18.2 Å². The molecule has 90 valence electrons. The number of Topliss-reactive ketones (excluding diaryl/α,β-unsaturated/α-hetero) is 1. The van der Waals surface area contributed by atoms with E-state index in [4.69, 9.17) is 11.6 Å². The molecule has 0 bridgehead atoms. The van der Waals surface area contributed by atoms with Crippen molar-refractivity contribution in [2.75, 3.05) is 12.4 Å². The van der Waals surface area contributed by atoms with E-state index in [0.717, 1.165) is 12.8 Å². The van der Waals surface area contributed by atoms with E-state index in [1.807, 2.05) is 18.2 Å². The van der Waals surface area contributed by atoms with Crippen molar-refractivity contribution in [2.45, 2.75) is 18.9 Å². The van der Waals surface area contributed by atoms with Gasteiger partial charge >= 0.3 is 0 Å². The number of benzene rings is 1. The lowest BCUT2D eigenvalue weighted by molar-refractivity contribution is -0.120. The lowest BCUT2D eigenvalue weighted by atomic mass is 10.1. The Morgan fingerprint density at radius 1 is 1.29 bits per heavy atom. The monoisotopic (exact) mass is 251 g/mol. The summed E-state index contributed by atoms with van der Waals surface area (Å²) in [6, 6.07) is 8.71. The maximum absolute atomic E-state index is 12.2. The third-order valence-corrected chi connectivity index (χ3v) is 3.30. The highest BCUT2D eigenvalue weighted by Gasteiger charge is 2.33. The van der Waals surface area contributed by atoms with Crippen LogP contribution in [0.15, 0.2) is 30.3 Å². The molecule has 1 heterocycles. The van der Waals surface area contributed by atoms with Gasteiger partial charge in [-0.25, -0.2) is 0 Å². The highest BCUT2D eigenvalue weighted by atomic mass is 35.5. The fourth-order valence-electron chi connectivity index (χ4n) is 2.18. The number of hydrogen-bond acceptors (Lipinski definition) is 2. The van der Waals surface area contributed by atoms with E-state index in [0.29, 0.717) is 12.1 Å². The number of amides is 1. The zero-order chi connectivity index (χ0) is 12.3. The van der Waals surface area contributed by atoms with Crippen LogP contribution < -0.4 is 0 Å². The van der Waals surface area contributed by atoms with Crippen LogP contribution in [-0.2, 0) is 4.79 Å². The first kappa shape index (κ1) is 12.1. The number of likely N-dealkylation sites (tertiary alicyclic amines) is 1. The summed E-state index contributed by atoms with van der Waals surface area (Å²) >= 11 is 5.56. The van der Waals surface area contributed by atoms with Crippen LogP contribution in [0.25, 0.3) is 0 Å². The molecule has 1 saturated heterocycles. The Kier molecular flexibility index (Phi) is 3.79. The summed E-state index contributed by atoms with van der Waals surface area (Å²) < 4.78 is 0. The molecule has 1 fully saturated rings. The normalized spacial score (nSPS) is 19.4. The number of carbonyl (C=O) groups is 2. The van der Waals surface area contributed by atoms with Crippen molar-refractivity contribution in [1.82, 2.24) is 4.90 Å². The van der Waals surface area contributed by atoms with Gasteiger partial charge in [-0.05, 0) is 25.0 Å². The smallest absolute Gasteiger partial charge is 0.254 e. The van der Waals surface area contributed by atoms with E-state index in [1.165, 1.54) is 0 Å². The summed E-state index contributed by atoms with van der Waals surface area (Å²) in [6.07, 6.45) is 1.59. The molecule has 1 aromatic rings. The lowest BCUT2D eigenvalue weighted by Gasteiger charge is -2.23. The van der Waals surface area contributed by atoms with E-state index >= 15 is 0 Å². The van der Waals surface area contributed by atoms with Crippen LogP contribution in [0.1, 0.15) is 23.2 Å². The molecular formula is C13H14ClNO2. The predicted molar refractivity (Wildman–Crippen MR) is 66.2 cm³/mol. The van der Waals surface area contributed by atoms with E-state index in [9.17, 15) is 9.59 Å². The Balaban J connectivity index is 2.17. The first-order chi connectivity index (χ1) is 8.24. The molecule has 0 saturated carbocycles. The summed E-state index contributed by atoms with van der Waals surface area (Å²) in [5.41, 5.74) is 0.627. The van der Waals surface area contributed by atoms with Crippen LogP contribution in [-0.4, -0.2) is 35.1 Å². The summed E-state index contributed by atoms with van der Waals surface area (Å²) in [6.45, 7) is 0.640. The van der Waals surface area contributed by atoms with Crippen LogP contribution in [0, 0.1) is 0 Å². The summed E-state index contributed by atoms with van der Waals surface area (Å²) in [5.74, 6) is -0.163. The van der Waals surface area contributed by atoms with Crippen LogP contribution >= 0.6 is 11.6 Å². The van der Waals surface area contributed by atoms with Crippen molar-refractivity contribution in [3.63, 3.8) is 0 Å². The molecule has 0 unspecified atom stereocenters. The Labute approximate surface area is 105 Å². The molecule has 1 amide bonds. The van der Waals surface area contributed by atoms with Crippen molar-refractivity contribution in [2.24, 2.45) is 0 Å². The maximum atomic E-state index is 12.2. The van der Waals surface area contributed by atoms with Gasteiger partial charge in [0.05, 0.1) is 11.9 Å². The van der Waals surface area contributed by atoms with Gasteiger partial charge in [0.1, 0.15) is 0 Å². The number of halogens is 1. The van der Waals surface area contributed by atoms with Crippen molar-refractivity contribution in [3.8, 4) is 0 Å². The minimum absolute atomic E-state index is 0.0246. The minimum atomic E-state index is -0.333. The largest absolute Gasteiger partial charge is 0.329 e. The number of rotatable bonds is 3. The van der Waals surface area contributed by atoms with Gasteiger partial charge in [0.25, 0.3) is 5.91 Å². The molecule has 0 aliphatic carbocycles. The molecule has 2 rings (SSSR count). The topological polar surface area (TPSA) is 37.4 Å². The van der Waals surface area contributed by atoms with Crippen molar-refractivity contribution in [1.29, 1.82) is 0 Å². The molecule has 4 heteroatoms. The zero-order valence-corrected chi connectivity index (χ0v) is 10.2. The fourth-order valence-corrected chi connectivity index (χ4v) is 2.36. The third kappa shape index (κ3) is 2.50. The summed E-state index contributed by atoms with van der Waals surface area (Å²) in [4.78, 5) is 25.5. The van der Waals surface area contributed by atoms with Crippen molar-refractivity contribution < 1.29 is 9.59 Å². The molecule has 1 aliphatic rings. The predicted octanol–water partition coefficient (Wildman–Crippen LogP) is 2.10. The van der Waals surface area contributed by atoms with Crippen LogP contribution in [0.2, 0.25) is 0 Å². The number of carbonyl (C=O) groups excluding carboxylic acids is 2. The second-order valence-corrected chi connectivity index (χ2v) is 4.39. The number of nitrogens with zero attached hydrogens (tertiary/aromatic N) is 1. The Morgan fingerprint density at radius 3 is 2.65 bits per heavy atom. The van der Waals surface area contributed by atoms with Gasteiger partial charge in [-0.3, -0.25) is 9.59 Å². The minimum Gasteiger partial charge on any atom is -0.329 e. The van der Waals surface area contributed by atoms with Crippen LogP contribution in [0.4, 0.5) is 0 Å². The fraction of sp³-hybridized carbons (Fsp3) is 0.385. The highest BCUT2D eigenvalue weighted by Crippen LogP contribution is 2.21. The molecule has 0 N–H and O–H groups in total. The SMILES string of the molecule is O=C(CCl)[C@H]1CCCN1C(=O)c1ccccc1. The standard InChI is InChI=1S/C13H14ClNO2/c14-9-12(16)11-7-4-8-15(11)13(17)10-5-2-1-3-6-10/h1-3,5-6,11H,4,7-9H2/t11-/m1/s1. The van der Waals surface area contributed by atoms with Gasteiger partial charge in [-0.15, -0.1) is 11.6 Å². The van der Waals surface area contributed by atoms with E-state index in [1.54, 1.807) is 17.0 Å². The van der Waals surface area contributed by atoms with E-state index in [-0.39, 0.29) is 23.6 Å². The molecule has 3 nitrogen and oxygen atoms in total. The van der Waals surface area contributed by atoms with Gasteiger partial charge < -0.3 is 4.90 Å². The van der Waals surface area contributed by atoms with Gasteiger partial charge in [0.15, 0.2) is 5.78 Å². The third-order valence-electron chi connectivity index (χ3n) is 3.04. The summed E-state index contributed by atoms with van der Waals surface area (Å²) in [7, 11) is 0. The number of hydrogen-bond donors (Lipinski definition) is 0. The molecule has 1 atom stereocenters. The Morgan fingerprint density at radius 2 is 2.00 bits per heavy atom. The summed E-state index contributed by atoms with van der Waals surface area (Å²) in [5, 5.41) is 0. The van der Waals surface area contributed by atoms with Gasteiger partial charge in [0.2, 0.25) is 0 Å². The maximum Gasteiger partial charge on any atom is 0.254 e. The van der Waals surface area contributed by atoms with E-state index < -0.39 is 0 Å². The first-order valence-electron chi connectivity index (χ1n) is 5.68. The van der Waals surface area contributed by atoms with Crippen LogP contribution in [0.3, 0.4) is 0 Å². The highest BCUT2D eigenvalue weighted by molar-refractivity contribution is 6.28. The molecule has 0 aromatic heterocycles. The van der Waals surface area contributed by atoms with Crippen LogP contribution in [0.5, 0.6) is 0 Å². The second kappa shape index (κ2) is 5.32. The molecule has 1 aliphatic heterocycles. The average molecular weight is 252 g/mol. The zero-order valence-electron chi connectivity index (χ0n) is 9.43. The van der Waals surface area contributed by atoms with E-state index in [2.05, 4.69) is 0 Å². The molecule has 0 radical (unpaired) electrons. The molecule has 17 heavy (non-hydrogen) atoms. The van der Waals surface area contributed by atoms with Crippen molar-refractivity contribution >= 4 is 23.3 Å². The molecular weight excluding hydrogens is 238 g/mol. The Bertz CT molecular complexity index is 419. The number of ketones is 1. The van der Waals surface area contributed by atoms with Gasteiger partial charge in [-0.2, -0.15) is 0 Å². The molecule has 1 aromatic carbocycles. The average Bonchev–Trinajstić information content (AvgIpc) is 2.87. The first-order valence-corrected chi connectivity index (χ1v) is 6.22. The lowest BCUT2D eigenvalue weighted by Crippen LogP contribution is -2.41. The number of alkyl halides is 1. The second-order valence-electron chi connectivity index (χ2n) is 4.12. The Hall–Kier alpha value is -1.35. The molecule has 0 spiro atoms.